The van der Waals surface area contributed by atoms with E-state index in [1.54, 1.807) is 31.8 Å². The smallest absolute Gasteiger partial charge is 0.429 e. The molecule has 7 rings (SSSR count). The van der Waals surface area contributed by atoms with E-state index in [2.05, 4.69) is 20.8 Å². The summed E-state index contributed by atoms with van der Waals surface area (Å²) in [4.78, 5) is 29.7. The molecule has 3 fully saturated rings. The quantitative estimate of drug-likeness (QED) is 0.137. The van der Waals surface area contributed by atoms with Gasteiger partial charge in [-0.25, -0.2) is 23.0 Å². The highest BCUT2D eigenvalue weighted by Crippen LogP contribution is 2.42. The van der Waals surface area contributed by atoms with E-state index in [4.69, 9.17) is 30.4 Å². The number of terminal acetylenes is 1. The van der Waals surface area contributed by atoms with E-state index in [-0.39, 0.29) is 58.3 Å². The van der Waals surface area contributed by atoms with Crippen LogP contribution in [0.4, 0.5) is 23.8 Å². The SMILES string of the molecule is C#Cc1c(F)ccc2cc(OCOC)cc(-c3ncc4c(N5CCCCCN5C(=O)OC(C)(C)C)nc(OC[C@@]56CCCN5C[C@H](F)C6)nc4c3F)c12. The summed E-state index contributed by atoms with van der Waals surface area (Å²) in [6.07, 6.45) is 9.89. The fourth-order valence-corrected chi connectivity index (χ4v) is 7.74. The molecule has 0 spiro atoms. The molecule has 53 heavy (non-hydrogen) atoms. The maximum Gasteiger partial charge on any atom is 0.429 e. The number of hydrogen-bond acceptors (Lipinski definition) is 10. The van der Waals surface area contributed by atoms with Gasteiger partial charge in [-0.05, 0) is 83.0 Å². The zero-order valence-electron chi connectivity index (χ0n) is 30.4. The number of hydrogen-bond donors (Lipinski definition) is 0. The molecule has 0 bridgehead atoms. The van der Waals surface area contributed by atoms with Crippen molar-refractivity contribution in [2.75, 3.05) is 51.7 Å². The van der Waals surface area contributed by atoms with Crippen LogP contribution in [0, 0.1) is 24.0 Å². The molecule has 2 atom stereocenters. The van der Waals surface area contributed by atoms with Gasteiger partial charge in [0.05, 0.1) is 16.5 Å². The minimum absolute atomic E-state index is 0.0647. The second kappa shape index (κ2) is 14.5. The lowest BCUT2D eigenvalue weighted by molar-refractivity contribution is 0.0232. The number of fused-ring (bicyclic) bond motifs is 3. The second-order valence-corrected chi connectivity index (χ2v) is 14.9. The number of methoxy groups -OCH3 is 1. The molecule has 11 nitrogen and oxygen atoms in total. The minimum atomic E-state index is -0.978. The number of carbonyl (C=O) groups is 1. The van der Waals surface area contributed by atoms with Gasteiger partial charge in [0, 0.05) is 50.3 Å². The third-order valence-corrected chi connectivity index (χ3v) is 10.0. The van der Waals surface area contributed by atoms with Crippen molar-refractivity contribution in [3.8, 4) is 35.4 Å². The van der Waals surface area contributed by atoms with Crippen molar-refractivity contribution in [3.05, 3.63) is 47.7 Å². The molecule has 0 radical (unpaired) electrons. The summed E-state index contributed by atoms with van der Waals surface area (Å²) in [6.45, 7) is 7.15. The Hall–Kier alpha value is -4.87. The van der Waals surface area contributed by atoms with Crippen molar-refractivity contribution >= 4 is 33.6 Å². The van der Waals surface area contributed by atoms with Crippen LogP contribution in [0.3, 0.4) is 0 Å². The number of amides is 1. The molecule has 3 aliphatic rings. The van der Waals surface area contributed by atoms with Crippen molar-refractivity contribution in [3.63, 3.8) is 0 Å². The predicted octanol–water partition coefficient (Wildman–Crippen LogP) is 7.18. The van der Waals surface area contributed by atoms with Gasteiger partial charge in [0.1, 0.15) is 41.2 Å². The average molecular weight is 733 g/mol. The molecule has 3 saturated heterocycles. The molecule has 3 aliphatic heterocycles. The molecular formula is C39H43F3N6O5. The van der Waals surface area contributed by atoms with Crippen molar-refractivity contribution < 1.29 is 36.9 Å². The van der Waals surface area contributed by atoms with Gasteiger partial charge in [-0.15, -0.1) is 6.42 Å². The fraction of sp³-hybridized carbons (Fsp3) is 0.487. The van der Waals surface area contributed by atoms with Gasteiger partial charge in [0.25, 0.3) is 0 Å². The van der Waals surface area contributed by atoms with Crippen LogP contribution in [0.25, 0.3) is 32.9 Å². The summed E-state index contributed by atoms with van der Waals surface area (Å²) >= 11 is 0. The highest BCUT2D eigenvalue weighted by Gasteiger charge is 2.49. The van der Waals surface area contributed by atoms with E-state index in [0.717, 1.165) is 25.8 Å². The Labute approximate surface area is 306 Å². The highest BCUT2D eigenvalue weighted by atomic mass is 19.1. The van der Waals surface area contributed by atoms with Crippen LogP contribution in [0.15, 0.2) is 30.5 Å². The summed E-state index contributed by atoms with van der Waals surface area (Å²) in [5.41, 5.74) is -1.50. The van der Waals surface area contributed by atoms with Gasteiger partial charge in [-0.3, -0.25) is 14.9 Å². The van der Waals surface area contributed by atoms with Gasteiger partial charge >= 0.3 is 12.1 Å². The number of benzene rings is 2. The maximum absolute atomic E-state index is 17.3. The minimum Gasteiger partial charge on any atom is -0.468 e. The van der Waals surface area contributed by atoms with Crippen LogP contribution in [0.2, 0.25) is 0 Å². The molecule has 5 heterocycles. The third kappa shape index (κ3) is 7.12. The lowest BCUT2D eigenvalue weighted by Crippen LogP contribution is -2.49. The first-order valence-electron chi connectivity index (χ1n) is 17.9. The van der Waals surface area contributed by atoms with Crippen molar-refractivity contribution in [2.24, 2.45) is 0 Å². The number of ether oxygens (including phenoxy) is 4. The van der Waals surface area contributed by atoms with E-state index in [0.29, 0.717) is 50.0 Å². The number of hydrazine groups is 1. The van der Waals surface area contributed by atoms with Gasteiger partial charge in [-0.2, -0.15) is 9.97 Å². The first-order valence-corrected chi connectivity index (χ1v) is 17.9. The van der Waals surface area contributed by atoms with Crippen LogP contribution < -0.4 is 14.5 Å². The van der Waals surface area contributed by atoms with Crippen molar-refractivity contribution in [1.29, 1.82) is 0 Å². The van der Waals surface area contributed by atoms with E-state index < -0.39 is 35.0 Å². The summed E-state index contributed by atoms with van der Waals surface area (Å²) in [6, 6.07) is 5.81. The summed E-state index contributed by atoms with van der Waals surface area (Å²) in [5.74, 6) is 1.42. The van der Waals surface area contributed by atoms with Gasteiger partial charge in [-0.1, -0.05) is 12.0 Å². The van der Waals surface area contributed by atoms with Gasteiger partial charge in [0.2, 0.25) is 0 Å². The van der Waals surface area contributed by atoms with Gasteiger partial charge < -0.3 is 18.9 Å². The Bertz CT molecular complexity index is 2090. The predicted molar refractivity (Wildman–Crippen MR) is 193 cm³/mol. The molecule has 1 amide bonds. The molecule has 0 N–H and O–H groups in total. The van der Waals surface area contributed by atoms with Crippen molar-refractivity contribution in [2.45, 2.75) is 76.6 Å². The number of aromatic nitrogens is 3. The van der Waals surface area contributed by atoms with Crippen LogP contribution in [0.1, 0.15) is 64.9 Å². The Morgan fingerprint density at radius 3 is 2.66 bits per heavy atom. The second-order valence-electron chi connectivity index (χ2n) is 14.9. The van der Waals surface area contributed by atoms with Crippen LogP contribution in [-0.2, 0) is 9.47 Å². The summed E-state index contributed by atoms with van der Waals surface area (Å²) in [7, 11) is 1.47. The topological polar surface area (TPSA) is 102 Å². The number of alkyl halides is 1. The zero-order chi connectivity index (χ0) is 37.5. The number of rotatable bonds is 8. The number of halogens is 3. The van der Waals surface area contributed by atoms with Crippen LogP contribution in [0.5, 0.6) is 11.8 Å². The molecule has 14 heteroatoms. The average Bonchev–Trinajstić information content (AvgIpc) is 3.52. The molecule has 280 valence electrons. The molecule has 0 aliphatic carbocycles. The molecule has 0 saturated carbocycles. The van der Waals surface area contributed by atoms with Crippen LogP contribution in [-0.4, -0.2) is 95.0 Å². The third-order valence-electron chi connectivity index (χ3n) is 10.0. The lowest BCUT2D eigenvalue weighted by atomic mass is 9.95. The van der Waals surface area contributed by atoms with E-state index in [1.165, 1.54) is 36.5 Å². The van der Waals surface area contributed by atoms with E-state index in [1.807, 2.05) is 0 Å². The Kier molecular flexibility index (Phi) is 9.99. The Morgan fingerprint density at radius 2 is 1.89 bits per heavy atom. The monoisotopic (exact) mass is 732 g/mol. The Morgan fingerprint density at radius 1 is 1.08 bits per heavy atom. The lowest BCUT2D eigenvalue weighted by Gasteiger charge is -2.36. The van der Waals surface area contributed by atoms with Crippen LogP contribution >= 0.6 is 0 Å². The fourth-order valence-electron chi connectivity index (χ4n) is 7.74. The first kappa shape index (κ1) is 36.5. The molecular weight excluding hydrogens is 689 g/mol. The Balaban J connectivity index is 1.41. The van der Waals surface area contributed by atoms with E-state index in [9.17, 15) is 9.18 Å². The van der Waals surface area contributed by atoms with E-state index >= 15 is 8.78 Å². The largest absolute Gasteiger partial charge is 0.468 e. The zero-order valence-corrected chi connectivity index (χ0v) is 30.4. The number of nitrogens with zero attached hydrogens (tertiary/aromatic N) is 6. The summed E-state index contributed by atoms with van der Waals surface area (Å²) < 4.78 is 70.0. The summed E-state index contributed by atoms with van der Waals surface area (Å²) in [5, 5.41) is 4.12. The van der Waals surface area contributed by atoms with Gasteiger partial charge in [0.15, 0.2) is 18.4 Å². The number of pyridine rings is 1. The molecule has 2 aromatic carbocycles. The molecule has 0 unspecified atom stereocenters. The number of anilines is 1. The normalized spacial score (nSPS) is 20.8. The number of carbonyl (C=O) groups excluding carboxylic acids is 1. The highest BCUT2D eigenvalue weighted by molar-refractivity contribution is 6.03. The molecule has 4 aromatic rings. The standard InChI is InChI=1S/C39H43F3N6O5/c1-6-27-30(41)12-11-24-17-26(52-23-50-5)18-28(31(24)27)33-32(42)34-29(20-43-33)35(47-15-8-7-9-16-48(47)37(49)53-38(2,3)4)45-36(44-34)51-22-39-13-10-14-46(39)21-25(40)19-39/h1,11-12,17-18,20,25H,7-10,13-16,19,21-23H2,2-5H3/t25-,39+/m1/s1. The molecule has 2 aromatic heterocycles. The van der Waals surface area contributed by atoms with Crippen molar-refractivity contribution in [1.82, 2.24) is 24.9 Å². The maximum atomic E-state index is 17.3. The first-order chi connectivity index (χ1) is 25.4.